The third kappa shape index (κ3) is 11.9. The second kappa shape index (κ2) is 9.47. The quantitative estimate of drug-likeness (QED) is 0.281. The summed E-state index contributed by atoms with van der Waals surface area (Å²) in [6.45, 7) is 0. The zero-order valence-corrected chi connectivity index (χ0v) is 13.3. The monoisotopic (exact) mass is 428 g/mol. The van der Waals surface area contributed by atoms with Crippen molar-refractivity contribution < 1.29 is 0 Å². The highest BCUT2D eigenvalue weighted by molar-refractivity contribution is 9.25. The zero-order chi connectivity index (χ0) is 9.40. The van der Waals surface area contributed by atoms with Crippen molar-refractivity contribution in [2.75, 3.05) is 0 Å². The van der Waals surface area contributed by atoms with Gasteiger partial charge in [-0.05, 0) is 12.8 Å². The molecule has 4 heteroatoms. The van der Waals surface area contributed by atoms with Crippen molar-refractivity contribution in [3.63, 3.8) is 0 Å². The van der Waals surface area contributed by atoms with Gasteiger partial charge in [0.15, 0.2) is 0 Å². The number of halogens is 4. The van der Waals surface area contributed by atoms with Crippen molar-refractivity contribution in [2.45, 2.75) is 46.0 Å². The maximum atomic E-state index is 3.47. The topological polar surface area (TPSA) is 0 Å². The van der Waals surface area contributed by atoms with Crippen LogP contribution in [-0.2, 0) is 0 Å². The molecule has 0 saturated carbocycles. The van der Waals surface area contributed by atoms with Crippen LogP contribution in [0.3, 0.4) is 0 Å². The van der Waals surface area contributed by atoms with Crippen LogP contribution in [0.2, 0.25) is 0 Å². The van der Waals surface area contributed by atoms with Crippen molar-refractivity contribution in [3.8, 4) is 0 Å². The third-order valence-corrected chi connectivity index (χ3v) is 3.43. The molecule has 0 bridgehead atoms. The van der Waals surface area contributed by atoms with E-state index in [9.17, 15) is 0 Å². The molecule has 0 unspecified atom stereocenters. The summed E-state index contributed by atoms with van der Waals surface area (Å²) < 4.78 is 1.01. The first-order chi connectivity index (χ1) is 5.63. The number of hydrogen-bond acceptors (Lipinski definition) is 0. The van der Waals surface area contributed by atoms with Crippen LogP contribution in [0.25, 0.3) is 0 Å². The van der Waals surface area contributed by atoms with Crippen LogP contribution < -0.4 is 0 Å². The van der Waals surface area contributed by atoms with E-state index in [4.69, 9.17) is 0 Å². The summed E-state index contributed by atoms with van der Waals surface area (Å²) in [6, 6.07) is 0. The second-order valence-corrected chi connectivity index (χ2v) is 9.65. The molecule has 0 aliphatic carbocycles. The Balaban J connectivity index is 2.91. The average Bonchev–Trinajstić information content (AvgIpc) is 1.95. The van der Waals surface area contributed by atoms with Crippen molar-refractivity contribution in [3.05, 3.63) is 0 Å². The Labute approximate surface area is 109 Å². The molecule has 0 atom stereocenters. The summed E-state index contributed by atoms with van der Waals surface area (Å²) in [5, 5.41) is 0. The lowest BCUT2D eigenvalue weighted by molar-refractivity contribution is 0.624. The molecule has 0 nitrogen and oxygen atoms in total. The molecule has 0 N–H and O–H groups in total. The summed E-state index contributed by atoms with van der Waals surface area (Å²) in [4.78, 5) is 0. The first-order valence-electron chi connectivity index (χ1n) is 4.19. The Hall–Kier alpha value is 1.92. The highest BCUT2D eigenvalue weighted by atomic mass is 79.9. The fourth-order valence-electron chi connectivity index (χ4n) is 0.951. The van der Waals surface area contributed by atoms with Gasteiger partial charge in [-0.15, -0.1) is 0 Å². The van der Waals surface area contributed by atoms with E-state index in [1.54, 1.807) is 0 Å². The van der Waals surface area contributed by atoms with E-state index in [0.29, 0.717) is 7.47 Å². The zero-order valence-electron chi connectivity index (χ0n) is 6.91. The molecule has 0 radical (unpaired) electrons. The van der Waals surface area contributed by atoms with Gasteiger partial charge in [-0.25, -0.2) is 0 Å². The van der Waals surface area contributed by atoms with Gasteiger partial charge < -0.3 is 0 Å². The fraction of sp³-hybridized carbons (Fsp3) is 1.00. The molecule has 0 aromatic carbocycles. The molecule has 0 aliphatic rings. The van der Waals surface area contributed by atoms with E-state index in [1.807, 2.05) is 0 Å². The standard InChI is InChI=1S/C8H14Br4/c9-7(10)5-3-1-2-4-6-8(11)12/h7-8H,1-6H2/i5+1,6+1. The van der Waals surface area contributed by atoms with Gasteiger partial charge in [0.2, 0.25) is 0 Å². The van der Waals surface area contributed by atoms with Gasteiger partial charge in [0, 0.05) is 0 Å². The van der Waals surface area contributed by atoms with Gasteiger partial charge >= 0.3 is 0 Å². The molecule has 0 heterocycles. The molecule has 12 heavy (non-hydrogen) atoms. The van der Waals surface area contributed by atoms with Crippen molar-refractivity contribution >= 4 is 63.7 Å². The smallest absolute Gasteiger partial charge is 0.0697 e. The van der Waals surface area contributed by atoms with Gasteiger partial charge in [0.05, 0.1) is 7.47 Å². The normalized spacial score (nSPS) is 11.5. The Morgan fingerprint density at radius 1 is 0.583 bits per heavy atom. The Morgan fingerprint density at radius 2 is 0.917 bits per heavy atom. The van der Waals surface area contributed by atoms with Gasteiger partial charge in [0.1, 0.15) is 0 Å². The molecule has 0 fully saturated rings. The Morgan fingerprint density at radius 3 is 1.17 bits per heavy atom. The van der Waals surface area contributed by atoms with Crippen molar-refractivity contribution in [2.24, 2.45) is 0 Å². The van der Waals surface area contributed by atoms with Gasteiger partial charge in [0.25, 0.3) is 0 Å². The molecule has 0 rings (SSSR count). The molecule has 74 valence electrons. The lowest BCUT2D eigenvalue weighted by atomic mass is 10.2. The summed E-state index contributed by atoms with van der Waals surface area (Å²) in [5.41, 5.74) is 0. The van der Waals surface area contributed by atoms with E-state index in [0.717, 1.165) is 0 Å². The molecule has 0 saturated heterocycles. The number of unbranched alkanes of at least 4 members (excludes halogenated alkanes) is 3. The summed E-state index contributed by atoms with van der Waals surface area (Å²) in [5.74, 6) is 0. The molecule has 0 amide bonds. The van der Waals surface area contributed by atoms with Gasteiger partial charge in [-0.2, -0.15) is 0 Å². The SMILES string of the molecule is BrC(Br)[13CH2]CCCC[13CH2]C(Br)Br. The minimum Gasteiger partial charge on any atom is -0.0765 e. The van der Waals surface area contributed by atoms with Gasteiger partial charge in [-0.3, -0.25) is 0 Å². The minimum absolute atomic E-state index is 0.505. The first kappa shape index (κ1) is 13.9. The molecular weight excluding hydrogens is 418 g/mol. The van der Waals surface area contributed by atoms with E-state index in [2.05, 4.69) is 63.7 Å². The van der Waals surface area contributed by atoms with Crippen LogP contribution in [0.5, 0.6) is 0 Å². The number of rotatable bonds is 7. The number of alkyl halides is 4. The van der Waals surface area contributed by atoms with E-state index in [1.165, 1.54) is 38.5 Å². The van der Waals surface area contributed by atoms with Crippen LogP contribution in [0.1, 0.15) is 38.5 Å². The van der Waals surface area contributed by atoms with E-state index in [-0.39, 0.29) is 0 Å². The molecule has 0 spiro atoms. The lowest BCUT2D eigenvalue weighted by Crippen LogP contribution is -1.88. The van der Waals surface area contributed by atoms with Crippen LogP contribution in [0.4, 0.5) is 0 Å². The molecule has 0 aliphatic heterocycles. The van der Waals surface area contributed by atoms with E-state index < -0.39 is 0 Å². The maximum Gasteiger partial charge on any atom is 0.0697 e. The second-order valence-electron chi connectivity index (χ2n) is 2.77. The highest BCUT2D eigenvalue weighted by Gasteiger charge is 1.99. The third-order valence-electron chi connectivity index (χ3n) is 1.59. The molecule has 0 aromatic rings. The molecule has 0 aromatic heterocycles. The highest BCUT2D eigenvalue weighted by Crippen LogP contribution is 2.19. The van der Waals surface area contributed by atoms with Crippen molar-refractivity contribution in [1.29, 1.82) is 0 Å². The summed E-state index contributed by atoms with van der Waals surface area (Å²) in [6.07, 6.45) is 7.78. The largest absolute Gasteiger partial charge is 0.0765 e. The molecular formula is C8H14Br4. The predicted octanol–water partition coefficient (Wildman–Crippen LogP) is 5.56. The first-order valence-corrected chi connectivity index (χ1v) is 7.85. The predicted molar refractivity (Wildman–Crippen MR) is 71.0 cm³/mol. The van der Waals surface area contributed by atoms with E-state index >= 15 is 0 Å². The lowest BCUT2D eigenvalue weighted by Gasteiger charge is -2.02. The Kier molecular flexibility index (Phi) is 11.0. The van der Waals surface area contributed by atoms with Crippen molar-refractivity contribution in [1.82, 2.24) is 0 Å². The van der Waals surface area contributed by atoms with Crippen LogP contribution in [0.15, 0.2) is 0 Å². The van der Waals surface area contributed by atoms with Crippen LogP contribution >= 0.6 is 63.7 Å². The summed E-state index contributed by atoms with van der Waals surface area (Å²) >= 11 is 13.9. The van der Waals surface area contributed by atoms with Crippen LogP contribution in [0, 0.1) is 0 Å². The van der Waals surface area contributed by atoms with Crippen LogP contribution in [-0.4, -0.2) is 7.47 Å². The fourth-order valence-corrected chi connectivity index (χ4v) is 2.25. The minimum atomic E-state index is 0.505. The average molecular weight is 432 g/mol. The maximum absolute atomic E-state index is 3.47. The Bertz CT molecular complexity index is 81.1. The number of hydrogen-bond donors (Lipinski definition) is 0. The summed E-state index contributed by atoms with van der Waals surface area (Å²) in [7, 11) is 0. The van der Waals surface area contributed by atoms with Gasteiger partial charge in [-0.1, -0.05) is 89.4 Å².